The Morgan fingerprint density at radius 3 is 2.96 bits per heavy atom. The summed E-state index contributed by atoms with van der Waals surface area (Å²) >= 11 is 0. The maximum Gasteiger partial charge on any atom is 0.231 e. The van der Waals surface area contributed by atoms with Gasteiger partial charge in [-0.25, -0.2) is 4.68 Å². The van der Waals surface area contributed by atoms with E-state index in [2.05, 4.69) is 26.2 Å². The summed E-state index contributed by atoms with van der Waals surface area (Å²) in [4.78, 5) is 12.5. The smallest absolute Gasteiger partial charge is 0.231 e. The molecule has 2 heterocycles. The van der Waals surface area contributed by atoms with Crippen LogP contribution in [0.5, 0.6) is 0 Å². The lowest BCUT2D eigenvalue weighted by molar-refractivity contribution is -0.123. The number of benzene rings is 1. The van der Waals surface area contributed by atoms with Gasteiger partial charge in [-0.1, -0.05) is 12.1 Å². The van der Waals surface area contributed by atoms with Gasteiger partial charge in [-0.3, -0.25) is 4.79 Å². The number of aromatic nitrogens is 4. The molecule has 2 aliphatic rings. The van der Waals surface area contributed by atoms with E-state index in [1.807, 2.05) is 35.9 Å². The van der Waals surface area contributed by atoms with E-state index < -0.39 is 0 Å². The number of amides is 1. The highest BCUT2D eigenvalue weighted by molar-refractivity contribution is 5.96. The van der Waals surface area contributed by atoms with Crippen LogP contribution in [0.25, 0.3) is 11.4 Å². The summed E-state index contributed by atoms with van der Waals surface area (Å²) in [7, 11) is 0. The Morgan fingerprint density at radius 1 is 1.42 bits per heavy atom. The van der Waals surface area contributed by atoms with Crippen LogP contribution in [-0.4, -0.2) is 39.2 Å². The fourth-order valence-electron chi connectivity index (χ4n) is 2.98. The van der Waals surface area contributed by atoms with Crippen molar-refractivity contribution in [2.45, 2.75) is 32.2 Å². The lowest BCUT2D eigenvalue weighted by Crippen LogP contribution is -2.35. The zero-order chi connectivity index (χ0) is 15.9. The van der Waals surface area contributed by atoms with E-state index in [9.17, 15) is 4.79 Å². The first kappa shape index (κ1) is 16.9. The van der Waals surface area contributed by atoms with Crippen molar-refractivity contribution in [2.75, 3.05) is 18.4 Å². The fraction of sp³-hybridized carbons (Fsp3) is 0.500. The Bertz CT molecular complexity index is 736. The largest absolute Gasteiger partial charge is 0.326 e. The van der Waals surface area contributed by atoms with Crippen molar-refractivity contribution in [2.24, 2.45) is 5.41 Å². The summed E-state index contributed by atoms with van der Waals surface area (Å²) in [5, 5.41) is 18.3. The molecule has 4 rings (SSSR count). The number of nitrogens with one attached hydrogen (secondary N) is 2. The topological polar surface area (TPSA) is 84.7 Å². The molecule has 7 nitrogen and oxygen atoms in total. The van der Waals surface area contributed by atoms with Gasteiger partial charge >= 0.3 is 0 Å². The van der Waals surface area contributed by atoms with Crippen molar-refractivity contribution >= 4 is 24.0 Å². The molecule has 1 amide bonds. The number of rotatable bonds is 4. The first-order chi connectivity index (χ1) is 11.2. The molecule has 2 N–H and O–H groups in total. The maximum absolute atomic E-state index is 12.5. The van der Waals surface area contributed by atoms with Crippen molar-refractivity contribution < 1.29 is 4.79 Å². The zero-order valence-corrected chi connectivity index (χ0v) is 14.3. The standard InChI is InChI=1S/C16H20N6O.ClH/c1-16(7-8-17-10-16)15(23)18-12-4-2-3-11(9-12)14-19-20-21-22(14)13-5-6-13;/h2-4,9,13,17H,5-8,10H2,1H3,(H,18,23);1H. The Morgan fingerprint density at radius 2 is 2.25 bits per heavy atom. The van der Waals surface area contributed by atoms with Crippen LogP contribution < -0.4 is 10.6 Å². The van der Waals surface area contributed by atoms with E-state index in [1.165, 1.54) is 0 Å². The van der Waals surface area contributed by atoms with Crippen molar-refractivity contribution in [3.63, 3.8) is 0 Å². The third kappa shape index (κ3) is 3.14. The van der Waals surface area contributed by atoms with Crippen LogP contribution in [0.1, 0.15) is 32.2 Å². The van der Waals surface area contributed by atoms with Gasteiger partial charge in [0.25, 0.3) is 0 Å². The highest BCUT2D eigenvalue weighted by atomic mass is 35.5. The molecule has 24 heavy (non-hydrogen) atoms. The van der Waals surface area contributed by atoms with Gasteiger partial charge in [0, 0.05) is 17.8 Å². The van der Waals surface area contributed by atoms with Gasteiger partial charge < -0.3 is 10.6 Å². The molecule has 1 atom stereocenters. The highest BCUT2D eigenvalue weighted by Gasteiger charge is 2.36. The summed E-state index contributed by atoms with van der Waals surface area (Å²) in [6.45, 7) is 3.61. The molecule has 1 aromatic carbocycles. The number of anilines is 1. The number of hydrogen-bond donors (Lipinski definition) is 2. The van der Waals surface area contributed by atoms with E-state index >= 15 is 0 Å². The zero-order valence-electron chi connectivity index (χ0n) is 13.5. The first-order valence-electron chi connectivity index (χ1n) is 8.06. The van der Waals surface area contributed by atoms with Crippen LogP contribution in [0.3, 0.4) is 0 Å². The van der Waals surface area contributed by atoms with Gasteiger partial charge in [0.2, 0.25) is 5.91 Å². The molecule has 1 aliphatic heterocycles. The second-order valence-electron chi connectivity index (χ2n) is 6.70. The van der Waals surface area contributed by atoms with Gasteiger partial charge in [0.05, 0.1) is 11.5 Å². The van der Waals surface area contributed by atoms with Gasteiger partial charge in [-0.15, -0.1) is 17.5 Å². The summed E-state index contributed by atoms with van der Waals surface area (Å²) in [5.74, 6) is 0.818. The van der Waals surface area contributed by atoms with E-state index in [-0.39, 0.29) is 23.7 Å². The lowest BCUT2D eigenvalue weighted by Gasteiger charge is -2.21. The van der Waals surface area contributed by atoms with Gasteiger partial charge in [0.1, 0.15) is 0 Å². The van der Waals surface area contributed by atoms with Crippen LogP contribution in [0.15, 0.2) is 24.3 Å². The van der Waals surface area contributed by atoms with E-state index in [0.717, 1.165) is 49.4 Å². The molecule has 0 bridgehead atoms. The molecule has 1 aromatic heterocycles. The van der Waals surface area contributed by atoms with Crippen LogP contribution >= 0.6 is 12.4 Å². The van der Waals surface area contributed by atoms with Gasteiger partial charge in [-0.05, 0) is 55.3 Å². The number of halogens is 1. The monoisotopic (exact) mass is 348 g/mol. The molecular weight excluding hydrogens is 328 g/mol. The number of hydrogen-bond acceptors (Lipinski definition) is 5. The second kappa shape index (κ2) is 6.49. The number of tetrazole rings is 1. The highest BCUT2D eigenvalue weighted by Crippen LogP contribution is 2.37. The van der Waals surface area contributed by atoms with Crippen LogP contribution in [0.2, 0.25) is 0 Å². The third-order valence-corrected chi connectivity index (χ3v) is 4.68. The molecule has 1 unspecified atom stereocenters. The Labute approximate surface area is 146 Å². The molecule has 8 heteroatoms. The second-order valence-corrected chi connectivity index (χ2v) is 6.70. The van der Waals surface area contributed by atoms with Crippen LogP contribution in [0, 0.1) is 5.41 Å². The number of carbonyl (C=O) groups is 1. The Balaban J connectivity index is 0.00000169. The van der Waals surface area contributed by atoms with E-state index in [1.54, 1.807) is 0 Å². The van der Waals surface area contributed by atoms with Crippen molar-refractivity contribution in [1.82, 2.24) is 25.5 Å². The van der Waals surface area contributed by atoms with Crippen molar-refractivity contribution in [3.8, 4) is 11.4 Å². The molecule has 2 fully saturated rings. The minimum absolute atomic E-state index is 0. The van der Waals surface area contributed by atoms with E-state index in [4.69, 9.17) is 0 Å². The summed E-state index contributed by atoms with van der Waals surface area (Å²) in [6.07, 6.45) is 3.11. The molecule has 128 valence electrons. The van der Waals surface area contributed by atoms with Gasteiger partial charge in [0.15, 0.2) is 5.82 Å². The Kier molecular flexibility index (Phi) is 4.56. The van der Waals surface area contributed by atoms with Crippen molar-refractivity contribution in [3.05, 3.63) is 24.3 Å². The van der Waals surface area contributed by atoms with E-state index in [0.29, 0.717) is 6.04 Å². The van der Waals surface area contributed by atoms with Crippen molar-refractivity contribution in [1.29, 1.82) is 0 Å². The van der Waals surface area contributed by atoms with Crippen LogP contribution in [-0.2, 0) is 4.79 Å². The number of nitrogens with zero attached hydrogens (tertiary/aromatic N) is 4. The minimum atomic E-state index is -0.342. The maximum atomic E-state index is 12.5. The Hall–Kier alpha value is -1.99. The number of carbonyl (C=O) groups excluding carboxylic acids is 1. The predicted molar refractivity (Wildman–Crippen MR) is 93.0 cm³/mol. The summed E-state index contributed by atoms with van der Waals surface area (Å²) in [5.41, 5.74) is 1.37. The lowest BCUT2D eigenvalue weighted by atomic mass is 9.88. The SMILES string of the molecule is CC1(C(=O)Nc2cccc(-c3nnnn3C3CC3)c2)CCNC1.Cl. The molecule has 0 spiro atoms. The molecule has 1 saturated heterocycles. The first-order valence-corrected chi connectivity index (χ1v) is 8.06. The minimum Gasteiger partial charge on any atom is -0.326 e. The average molecular weight is 349 g/mol. The quantitative estimate of drug-likeness (QED) is 0.883. The average Bonchev–Trinajstić information content (AvgIpc) is 3.09. The summed E-state index contributed by atoms with van der Waals surface area (Å²) < 4.78 is 1.88. The molecule has 1 saturated carbocycles. The third-order valence-electron chi connectivity index (χ3n) is 4.68. The van der Waals surface area contributed by atoms with Gasteiger partial charge in [-0.2, -0.15) is 0 Å². The molecule has 2 aromatic rings. The van der Waals surface area contributed by atoms with Crippen LogP contribution in [0.4, 0.5) is 5.69 Å². The summed E-state index contributed by atoms with van der Waals surface area (Å²) in [6, 6.07) is 8.15. The molecule has 1 aliphatic carbocycles. The molecular formula is C16H21ClN6O. The fourth-order valence-corrected chi connectivity index (χ4v) is 2.98. The normalized spacial score (nSPS) is 22.9. The predicted octanol–water partition coefficient (Wildman–Crippen LogP) is 2.03. The molecule has 0 radical (unpaired) electrons.